The van der Waals surface area contributed by atoms with E-state index in [0.29, 0.717) is 16.5 Å². The Kier molecular flexibility index (Phi) is 3.74. The van der Waals surface area contributed by atoms with E-state index in [4.69, 9.17) is 10.2 Å². The largest absolute Gasteiger partial charge is 0.454 e. The third-order valence-electron chi connectivity index (χ3n) is 3.83. The van der Waals surface area contributed by atoms with Gasteiger partial charge in [0.2, 0.25) is 5.95 Å². The minimum Gasteiger partial charge on any atom is -0.454 e. The zero-order valence-corrected chi connectivity index (χ0v) is 13.2. The first kappa shape index (κ1) is 15.4. The Morgan fingerprint density at radius 1 is 1.26 bits per heavy atom. The lowest BCUT2D eigenvalue weighted by atomic mass is 10.00. The van der Waals surface area contributed by atoms with Gasteiger partial charge in [-0.25, -0.2) is 4.98 Å². The second kappa shape index (κ2) is 5.59. The maximum atomic E-state index is 13.4. The number of hydrogen-bond donors (Lipinski definition) is 1. The van der Waals surface area contributed by atoms with Crippen molar-refractivity contribution in [3.8, 4) is 11.5 Å². The average molecular weight is 312 g/mol. The van der Waals surface area contributed by atoms with E-state index in [1.165, 1.54) is 12.1 Å². The molecule has 3 rings (SSSR count). The van der Waals surface area contributed by atoms with Gasteiger partial charge in [0, 0.05) is 17.2 Å². The Bertz CT molecular complexity index is 961. The molecule has 4 nitrogen and oxygen atoms in total. The molecule has 2 aromatic heterocycles. The third kappa shape index (κ3) is 2.64. The van der Waals surface area contributed by atoms with Crippen LogP contribution in [0, 0.1) is 19.8 Å². The van der Waals surface area contributed by atoms with Crippen LogP contribution in [0.4, 0.5) is 4.39 Å². The van der Waals surface area contributed by atoms with E-state index in [0.717, 1.165) is 11.1 Å². The molecule has 0 saturated carbocycles. The number of halogens is 1. The molecular formula is C18H17FN2O2. The van der Waals surface area contributed by atoms with Gasteiger partial charge >= 0.3 is 0 Å². The maximum Gasteiger partial charge on any atom is 0.213 e. The van der Waals surface area contributed by atoms with Crippen molar-refractivity contribution in [2.24, 2.45) is 5.73 Å². The van der Waals surface area contributed by atoms with Gasteiger partial charge in [0.05, 0.1) is 5.39 Å². The highest BCUT2D eigenvalue weighted by Crippen LogP contribution is 2.29. The second-order valence-corrected chi connectivity index (χ2v) is 5.75. The fraction of sp³-hybridized carbons (Fsp3) is 0.222. The van der Waals surface area contributed by atoms with Gasteiger partial charge in [-0.1, -0.05) is 12.1 Å². The summed E-state index contributed by atoms with van der Waals surface area (Å²) in [7, 11) is 0. The Morgan fingerprint density at radius 2 is 2.00 bits per heavy atom. The highest BCUT2D eigenvalue weighted by Gasteiger charge is 2.18. The number of benzene rings is 1. The lowest BCUT2D eigenvalue weighted by Gasteiger charge is -2.13. The predicted molar refractivity (Wildman–Crippen MR) is 87.7 cm³/mol. The summed E-state index contributed by atoms with van der Waals surface area (Å²) in [6, 6.07) is 7.77. The van der Waals surface area contributed by atoms with E-state index < -0.39 is 5.95 Å². The molecule has 1 aromatic carbocycles. The molecule has 0 bridgehead atoms. The van der Waals surface area contributed by atoms with Gasteiger partial charge in [-0.05, 0) is 44.5 Å². The Balaban J connectivity index is 2.42. The van der Waals surface area contributed by atoms with Gasteiger partial charge in [-0.2, -0.15) is 4.39 Å². The van der Waals surface area contributed by atoms with Crippen molar-refractivity contribution in [1.82, 2.24) is 4.98 Å². The summed E-state index contributed by atoms with van der Waals surface area (Å²) in [4.78, 5) is 16.5. The van der Waals surface area contributed by atoms with Crippen molar-refractivity contribution in [1.29, 1.82) is 0 Å². The van der Waals surface area contributed by atoms with E-state index in [1.807, 2.05) is 19.9 Å². The van der Waals surface area contributed by atoms with Gasteiger partial charge < -0.3 is 10.2 Å². The van der Waals surface area contributed by atoms with Crippen LogP contribution in [0.25, 0.3) is 22.4 Å². The predicted octanol–water partition coefficient (Wildman–Crippen LogP) is 3.63. The molecule has 0 amide bonds. The fourth-order valence-electron chi connectivity index (χ4n) is 2.68. The number of pyridine rings is 1. The van der Waals surface area contributed by atoms with Crippen LogP contribution in [0.15, 0.2) is 39.5 Å². The molecule has 118 valence electrons. The van der Waals surface area contributed by atoms with Crippen LogP contribution in [-0.4, -0.2) is 4.98 Å². The molecule has 3 aromatic rings. The Labute approximate surface area is 132 Å². The van der Waals surface area contributed by atoms with Crippen LogP contribution in [0.1, 0.15) is 29.7 Å². The molecule has 0 fully saturated rings. The van der Waals surface area contributed by atoms with Crippen LogP contribution >= 0.6 is 0 Å². The molecule has 1 atom stereocenters. The highest BCUT2D eigenvalue weighted by molar-refractivity contribution is 5.83. The second-order valence-electron chi connectivity index (χ2n) is 5.75. The fourth-order valence-corrected chi connectivity index (χ4v) is 2.68. The number of aromatic nitrogens is 1. The molecule has 0 aliphatic rings. The summed E-state index contributed by atoms with van der Waals surface area (Å²) >= 11 is 0. The molecule has 0 saturated heterocycles. The molecule has 0 aliphatic carbocycles. The van der Waals surface area contributed by atoms with Crippen LogP contribution in [0.5, 0.6) is 0 Å². The first-order valence-corrected chi connectivity index (χ1v) is 7.35. The standard InChI is InChI=1S/C18H17FN2O2/c1-9-7-12(11(3)20)18-13(8-9)16(22)10(2)17(23-18)14-5-4-6-15(19)21-14/h4-8,11H,20H2,1-3H3. The minimum absolute atomic E-state index is 0.155. The first-order valence-electron chi connectivity index (χ1n) is 7.35. The first-order chi connectivity index (χ1) is 10.9. The maximum absolute atomic E-state index is 13.4. The lowest BCUT2D eigenvalue weighted by molar-refractivity contribution is 0.572. The van der Waals surface area contributed by atoms with E-state index in [9.17, 15) is 9.18 Å². The molecular weight excluding hydrogens is 295 g/mol. The van der Waals surface area contributed by atoms with E-state index in [1.54, 1.807) is 19.1 Å². The normalized spacial score (nSPS) is 12.6. The number of nitrogens with zero attached hydrogens (tertiary/aromatic N) is 1. The van der Waals surface area contributed by atoms with Crippen LogP contribution in [0.2, 0.25) is 0 Å². The lowest BCUT2D eigenvalue weighted by Crippen LogP contribution is -2.12. The molecule has 5 heteroatoms. The van der Waals surface area contributed by atoms with Gasteiger partial charge in [-0.3, -0.25) is 4.79 Å². The van der Waals surface area contributed by atoms with Crippen LogP contribution in [-0.2, 0) is 0 Å². The number of fused-ring (bicyclic) bond motifs is 1. The van der Waals surface area contributed by atoms with E-state index >= 15 is 0 Å². The van der Waals surface area contributed by atoms with Crippen LogP contribution < -0.4 is 11.2 Å². The van der Waals surface area contributed by atoms with E-state index in [-0.39, 0.29) is 22.9 Å². The molecule has 2 heterocycles. The summed E-state index contributed by atoms with van der Waals surface area (Å²) in [5.41, 5.74) is 8.66. The van der Waals surface area contributed by atoms with Crippen molar-refractivity contribution in [3.05, 3.63) is 63.2 Å². The topological polar surface area (TPSA) is 69.1 Å². The van der Waals surface area contributed by atoms with Crippen molar-refractivity contribution in [3.63, 3.8) is 0 Å². The number of aryl methyl sites for hydroxylation is 1. The molecule has 2 N–H and O–H groups in total. The van der Waals surface area contributed by atoms with Gasteiger partial charge in [-0.15, -0.1) is 0 Å². The zero-order valence-electron chi connectivity index (χ0n) is 13.2. The van der Waals surface area contributed by atoms with Crippen molar-refractivity contribution in [2.75, 3.05) is 0 Å². The molecule has 0 spiro atoms. The Morgan fingerprint density at radius 3 is 2.65 bits per heavy atom. The van der Waals surface area contributed by atoms with Crippen molar-refractivity contribution in [2.45, 2.75) is 26.8 Å². The van der Waals surface area contributed by atoms with Crippen molar-refractivity contribution < 1.29 is 8.81 Å². The Hall–Kier alpha value is -2.53. The van der Waals surface area contributed by atoms with Crippen LogP contribution in [0.3, 0.4) is 0 Å². The minimum atomic E-state index is -0.624. The number of nitrogens with two attached hydrogens (primary N) is 1. The van der Waals surface area contributed by atoms with Gasteiger partial charge in [0.25, 0.3) is 0 Å². The van der Waals surface area contributed by atoms with Gasteiger partial charge in [0.1, 0.15) is 11.3 Å². The summed E-state index contributed by atoms with van der Waals surface area (Å²) < 4.78 is 19.4. The number of hydrogen-bond acceptors (Lipinski definition) is 4. The van der Waals surface area contributed by atoms with Crippen molar-refractivity contribution >= 4 is 11.0 Å². The molecule has 0 aliphatic heterocycles. The molecule has 1 unspecified atom stereocenters. The number of rotatable bonds is 2. The zero-order chi connectivity index (χ0) is 16.7. The highest BCUT2D eigenvalue weighted by atomic mass is 19.1. The molecule has 23 heavy (non-hydrogen) atoms. The smallest absolute Gasteiger partial charge is 0.213 e. The SMILES string of the molecule is Cc1cc(C(C)N)c2oc(-c3cccc(F)n3)c(C)c(=O)c2c1. The summed E-state index contributed by atoms with van der Waals surface area (Å²) in [5, 5.41) is 0.481. The summed E-state index contributed by atoms with van der Waals surface area (Å²) in [6.45, 7) is 5.39. The summed E-state index contributed by atoms with van der Waals surface area (Å²) in [6.07, 6.45) is 0. The van der Waals surface area contributed by atoms with E-state index in [2.05, 4.69) is 4.98 Å². The third-order valence-corrected chi connectivity index (χ3v) is 3.83. The summed E-state index contributed by atoms with van der Waals surface area (Å²) in [5.74, 6) is -0.353. The quantitative estimate of drug-likeness (QED) is 0.734. The monoisotopic (exact) mass is 312 g/mol. The molecule has 0 radical (unpaired) electrons. The average Bonchev–Trinajstić information content (AvgIpc) is 2.50. The van der Waals surface area contributed by atoms with Gasteiger partial charge in [0.15, 0.2) is 11.2 Å².